The minimum atomic E-state index is 0.763. The van der Waals surface area contributed by atoms with Crippen LogP contribution in [0, 0.1) is 12.8 Å². The summed E-state index contributed by atoms with van der Waals surface area (Å²) in [7, 11) is 0. The van der Waals surface area contributed by atoms with Crippen molar-refractivity contribution in [1.82, 2.24) is 0 Å². The lowest BCUT2D eigenvalue weighted by Crippen LogP contribution is -2.32. The minimum Gasteiger partial charge on any atom is -0.397 e. The summed E-state index contributed by atoms with van der Waals surface area (Å²) in [6.45, 7) is 3.36. The number of fused-ring (bicyclic) bond motifs is 2. The van der Waals surface area contributed by atoms with Crippen molar-refractivity contribution in [3.8, 4) is 0 Å². The van der Waals surface area contributed by atoms with Crippen LogP contribution in [0.25, 0.3) is 0 Å². The fraction of sp³-hybridized carbons (Fsp3) is 0.538. The molecule has 0 aromatic heterocycles. The maximum absolute atomic E-state index is 6.06. The Morgan fingerprint density at radius 2 is 2.20 bits per heavy atom. The van der Waals surface area contributed by atoms with Gasteiger partial charge in [0.2, 0.25) is 0 Å². The van der Waals surface area contributed by atoms with Crippen LogP contribution < -0.4 is 10.6 Å². The van der Waals surface area contributed by atoms with Crippen LogP contribution in [-0.4, -0.2) is 12.6 Å². The monoisotopic (exact) mass is 202 g/mol. The first-order chi connectivity index (χ1) is 7.24. The van der Waals surface area contributed by atoms with Crippen molar-refractivity contribution in [3.05, 3.63) is 23.8 Å². The van der Waals surface area contributed by atoms with Crippen molar-refractivity contribution in [2.45, 2.75) is 32.2 Å². The molecule has 2 nitrogen and oxygen atoms in total. The molecule has 1 aliphatic carbocycles. The second-order valence-electron chi connectivity index (χ2n) is 5.05. The van der Waals surface area contributed by atoms with Gasteiger partial charge in [0.25, 0.3) is 0 Å². The molecule has 1 aromatic carbocycles. The number of piperidine rings is 1. The number of benzene rings is 1. The van der Waals surface area contributed by atoms with Crippen molar-refractivity contribution in [1.29, 1.82) is 0 Å². The highest BCUT2D eigenvalue weighted by molar-refractivity contribution is 5.69. The van der Waals surface area contributed by atoms with Gasteiger partial charge in [-0.3, -0.25) is 0 Å². The molecule has 3 rings (SSSR count). The Kier molecular flexibility index (Phi) is 1.91. The Labute approximate surface area is 91.1 Å². The Hall–Kier alpha value is -1.18. The zero-order valence-electron chi connectivity index (χ0n) is 9.24. The van der Waals surface area contributed by atoms with Crippen LogP contribution in [0.15, 0.2) is 18.2 Å². The van der Waals surface area contributed by atoms with Crippen molar-refractivity contribution in [3.63, 3.8) is 0 Å². The van der Waals surface area contributed by atoms with E-state index in [1.54, 1.807) is 0 Å². The lowest BCUT2D eigenvalue weighted by Gasteiger charge is -2.30. The molecule has 1 saturated heterocycles. The summed E-state index contributed by atoms with van der Waals surface area (Å²) in [4.78, 5) is 2.52. The molecule has 0 amide bonds. The number of nitrogen functional groups attached to an aromatic ring is 1. The summed E-state index contributed by atoms with van der Waals surface area (Å²) in [5.41, 5.74) is 9.57. The molecule has 1 saturated carbocycles. The van der Waals surface area contributed by atoms with Crippen molar-refractivity contribution in [2.24, 2.45) is 5.92 Å². The number of hydrogen-bond acceptors (Lipinski definition) is 2. The largest absolute Gasteiger partial charge is 0.397 e. The van der Waals surface area contributed by atoms with E-state index >= 15 is 0 Å². The molecular weight excluding hydrogens is 184 g/mol. The third-order valence-corrected chi connectivity index (χ3v) is 3.90. The topological polar surface area (TPSA) is 29.3 Å². The molecule has 2 heteroatoms. The summed E-state index contributed by atoms with van der Waals surface area (Å²) in [5.74, 6) is 0.926. The van der Waals surface area contributed by atoms with Crippen LogP contribution in [0.3, 0.4) is 0 Å². The Morgan fingerprint density at radius 1 is 1.33 bits per heavy atom. The second-order valence-corrected chi connectivity index (χ2v) is 5.05. The third-order valence-electron chi connectivity index (χ3n) is 3.90. The maximum atomic E-state index is 6.06. The summed E-state index contributed by atoms with van der Waals surface area (Å²) >= 11 is 0. The molecule has 80 valence electrons. The van der Waals surface area contributed by atoms with E-state index in [0.29, 0.717) is 0 Å². The van der Waals surface area contributed by atoms with Crippen LogP contribution in [0.2, 0.25) is 0 Å². The van der Waals surface area contributed by atoms with Gasteiger partial charge in [0.05, 0.1) is 11.4 Å². The number of anilines is 2. The van der Waals surface area contributed by atoms with E-state index in [-0.39, 0.29) is 0 Å². The molecule has 2 fully saturated rings. The Balaban J connectivity index is 1.96. The van der Waals surface area contributed by atoms with Crippen molar-refractivity contribution >= 4 is 11.4 Å². The highest BCUT2D eigenvalue weighted by Crippen LogP contribution is 2.42. The molecule has 1 aliphatic heterocycles. The standard InChI is InChI=1S/C13H18N2/c1-9-2-5-12(14)13(6-9)15-8-10-3-4-11(15)7-10/h2,5-6,10-11H,3-4,7-8,14H2,1H3. The van der Waals surface area contributed by atoms with Crippen LogP contribution in [0.5, 0.6) is 0 Å². The van der Waals surface area contributed by atoms with Gasteiger partial charge in [0.1, 0.15) is 0 Å². The minimum absolute atomic E-state index is 0.763. The quantitative estimate of drug-likeness (QED) is 0.709. The molecular formula is C13H18N2. The van der Waals surface area contributed by atoms with E-state index in [0.717, 1.165) is 17.6 Å². The molecule has 2 aliphatic rings. The first kappa shape index (κ1) is 9.08. The summed E-state index contributed by atoms with van der Waals surface area (Å²) in [6.07, 6.45) is 4.16. The van der Waals surface area contributed by atoms with Gasteiger partial charge in [-0.05, 0) is 49.8 Å². The van der Waals surface area contributed by atoms with Gasteiger partial charge in [-0.1, -0.05) is 6.07 Å². The van der Waals surface area contributed by atoms with Gasteiger partial charge in [-0.15, -0.1) is 0 Å². The smallest absolute Gasteiger partial charge is 0.0605 e. The molecule has 2 N–H and O–H groups in total. The first-order valence-corrected chi connectivity index (χ1v) is 5.87. The van der Waals surface area contributed by atoms with Crippen LogP contribution in [0.1, 0.15) is 24.8 Å². The van der Waals surface area contributed by atoms with E-state index in [1.807, 2.05) is 6.07 Å². The van der Waals surface area contributed by atoms with Gasteiger partial charge < -0.3 is 10.6 Å². The highest BCUT2D eigenvalue weighted by Gasteiger charge is 2.38. The maximum Gasteiger partial charge on any atom is 0.0605 e. The summed E-state index contributed by atoms with van der Waals surface area (Å²) in [5, 5.41) is 0. The van der Waals surface area contributed by atoms with E-state index in [1.165, 1.54) is 37.1 Å². The average molecular weight is 202 g/mol. The van der Waals surface area contributed by atoms with Crippen LogP contribution in [0.4, 0.5) is 11.4 Å². The molecule has 0 radical (unpaired) electrons. The Morgan fingerprint density at radius 3 is 2.87 bits per heavy atom. The predicted molar refractivity (Wildman–Crippen MR) is 64.1 cm³/mol. The van der Waals surface area contributed by atoms with Gasteiger partial charge in [0, 0.05) is 12.6 Å². The lowest BCUT2D eigenvalue weighted by molar-refractivity contribution is 0.554. The molecule has 2 unspecified atom stereocenters. The summed E-state index contributed by atoms with van der Waals surface area (Å²) in [6, 6.07) is 7.12. The number of nitrogens with two attached hydrogens (primary N) is 1. The molecule has 1 aromatic rings. The fourth-order valence-electron chi connectivity index (χ4n) is 3.12. The molecule has 2 atom stereocenters. The zero-order chi connectivity index (χ0) is 10.4. The average Bonchev–Trinajstić information content (AvgIpc) is 2.83. The second kappa shape index (κ2) is 3.16. The van der Waals surface area contributed by atoms with Crippen molar-refractivity contribution < 1.29 is 0 Å². The van der Waals surface area contributed by atoms with E-state index in [4.69, 9.17) is 5.73 Å². The number of rotatable bonds is 1. The van der Waals surface area contributed by atoms with Crippen LogP contribution >= 0.6 is 0 Å². The van der Waals surface area contributed by atoms with E-state index < -0.39 is 0 Å². The molecule has 1 heterocycles. The van der Waals surface area contributed by atoms with Gasteiger partial charge in [-0.2, -0.15) is 0 Å². The van der Waals surface area contributed by atoms with Crippen molar-refractivity contribution in [2.75, 3.05) is 17.2 Å². The number of hydrogen-bond donors (Lipinski definition) is 1. The van der Waals surface area contributed by atoms with Gasteiger partial charge in [0.15, 0.2) is 0 Å². The molecule has 0 spiro atoms. The molecule has 15 heavy (non-hydrogen) atoms. The van der Waals surface area contributed by atoms with Crippen LogP contribution in [-0.2, 0) is 0 Å². The highest BCUT2D eigenvalue weighted by atomic mass is 15.2. The SMILES string of the molecule is Cc1ccc(N)c(N2CC3CCC2C3)c1. The van der Waals surface area contributed by atoms with Gasteiger partial charge in [-0.25, -0.2) is 0 Å². The third kappa shape index (κ3) is 1.39. The Bertz CT molecular complexity index is 386. The van der Waals surface area contributed by atoms with E-state index in [9.17, 15) is 0 Å². The fourth-order valence-corrected chi connectivity index (χ4v) is 3.12. The lowest BCUT2D eigenvalue weighted by atomic mass is 10.1. The van der Waals surface area contributed by atoms with E-state index in [2.05, 4.69) is 24.0 Å². The zero-order valence-corrected chi connectivity index (χ0v) is 9.24. The normalized spacial score (nSPS) is 28.7. The predicted octanol–water partition coefficient (Wildman–Crippen LogP) is 2.57. The first-order valence-electron chi connectivity index (χ1n) is 5.87. The molecule has 2 bridgehead atoms. The number of aryl methyl sites for hydroxylation is 1. The number of nitrogens with zero attached hydrogens (tertiary/aromatic N) is 1. The summed E-state index contributed by atoms with van der Waals surface area (Å²) < 4.78 is 0. The van der Waals surface area contributed by atoms with Gasteiger partial charge >= 0.3 is 0 Å².